The molecule has 0 aromatic heterocycles. The Balaban J connectivity index is 2.27. The topological polar surface area (TPSA) is 0 Å². The summed E-state index contributed by atoms with van der Waals surface area (Å²) in [6, 6.07) is 0. The fourth-order valence-corrected chi connectivity index (χ4v) is 1.33. The Morgan fingerprint density at radius 2 is 2.00 bits per heavy atom. The highest BCUT2D eigenvalue weighted by Gasteiger charge is 2.14. The second-order valence-corrected chi connectivity index (χ2v) is 4.72. The van der Waals surface area contributed by atoms with E-state index < -0.39 is 0 Å². The summed E-state index contributed by atoms with van der Waals surface area (Å²) >= 11 is 6.61. The lowest BCUT2D eigenvalue weighted by Gasteiger charge is -2.20. The summed E-state index contributed by atoms with van der Waals surface area (Å²) in [6.07, 6.45) is 6.10. The molecule has 1 fully saturated rings. The summed E-state index contributed by atoms with van der Waals surface area (Å²) in [5.74, 6) is 1.55. The molecular weight excluding hydrogens is 232 g/mol. The number of hydrogen-bond acceptors (Lipinski definition) is 0. The summed E-state index contributed by atoms with van der Waals surface area (Å²) in [4.78, 5) is 0. The van der Waals surface area contributed by atoms with Crippen LogP contribution in [0.3, 0.4) is 0 Å². The third kappa shape index (κ3) is 1.90. The molecule has 0 aliphatic heterocycles. The first-order chi connectivity index (χ1) is 3.79. The maximum Gasteiger partial charge on any atom is 0.0570 e. The predicted molar refractivity (Wildman–Crippen MR) is 43.0 cm³/mol. The zero-order valence-electron chi connectivity index (χ0n) is 4.45. The summed E-state index contributed by atoms with van der Waals surface area (Å²) in [7, 11) is 0. The second-order valence-electron chi connectivity index (χ2n) is 1.95. The fourth-order valence-electron chi connectivity index (χ4n) is 0.680. The van der Waals surface area contributed by atoms with Gasteiger partial charge in [-0.05, 0) is 50.6 Å². The third-order valence-corrected chi connectivity index (χ3v) is 1.77. The van der Waals surface area contributed by atoms with Gasteiger partial charge in [-0.2, -0.15) is 0 Å². The smallest absolute Gasteiger partial charge is 0.0561 e. The zero-order valence-corrected chi connectivity index (χ0v) is 7.63. The normalized spacial score (nSPS) is 19.8. The lowest BCUT2D eigenvalue weighted by atomic mass is 9.86. The van der Waals surface area contributed by atoms with Gasteiger partial charge >= 0.3 is 0 Å². The van der Waals surface area contributed by atoms with Crippen molar-refractivity contribution in [2.24, 2.45) is 0 Å². The molecule has 0 atom stereocenters. The van der Waals surface area contributed by atoms with Crippen molar-refractivity contribution in [3.05, 3.63) is 15.4 Å². The fraction of sp³-hybridized carbons (Fsp3) is 0.500. The van der Waals surface area contributed by atoms with E-state index in [0.717, 1.165) is 3.39 Å². The Morgan fingerprint density at radius 1 is 1.38 bits per heavy atom. The largest absolute Gasteiger partial charge is 0.0570 e. The van der Waals surface area contributed by atoms with Crippen LogP contribution in [0.15, 0.2) is 9.47 Å². The van der Waals surface area contributed by atoms with Gasteiger partial charge in [-0.15, -0.1) is 0 Å². The van der Waals surface area contributed by atoms with Crippen molar-refractivity contribution in [2.45, 2.75) is 19.3 Å². The quantitative estimate of drug-likeness (QED) is 0.657. The molecule has 0 bridgehead atoms. The summed E-state index contributed by atoms with van der Waals surface area (Å²) < 4.78 is 1.07. The van der Waals surface area contributed by atoms with Crippen LogP contribution >= 0.6 is 31.9 Å². The molecule has 8 heavy (non-hydrogen) atoms. The van der Waals surface area contributed by atoms with Crippen LogP contribution in [-0.4, -0.2) is 0 Å². The summed E-state index contributed by atoms with van der Waals surface area (Å²) in [5.41, 5.74) is 0. The van der Waals surface area contributed by atoms with Gasteiger partial charge < -0.3 is 0 Å². The Bertz CT molecular complexity index is 99.1. The van der Waals surface area contributed by atoms with Gasteiger partial charge in [0.1, 0.15) is 0 Å². The van der Waals surface area contributed by atoms with E-state index in [0.29, 0.717) is 0 Å². The van der Waals surface area contributed by atoms with E-state index in [-0.39, 0.29) is 0 Å². The molecule has 1 aliphatic rings. The van der Waals surface area contributed by atoms with E-state index in [2.05, 4.69) is 37.9 Å². The maximum absolute atomic E-state index is 3.31. The summed E-state index contributed by atoms with van der Waals surface area (Å²) in [6.45, 7) is 0. The minimum Gasteiger partial charge on any atom is -0.0561 e. The first-order valence-corrected chi connectivity index (χ1v) is 4.25. The molecule has 0 aromatic carbocycles. The van der Waals surface area contributed by atoms with E-state index in [1.807, 2.05) is 0 Å². The van der Waals surface area contributed by atoms with Crippen LogP contribution in [0.25, 0.3) is 0 Å². The summed E-state index contributed by atoms with van der Waals surface area (Å²) in [5, 5.41) is 0. The van der Waals surface area contributed by atoms with Crippen molar-refractivity contribution in [3.63, 3.8) is 0 Å². The lowest BCUT2D eigenvalue weighted by molar-refractivity contribution is 0.588. The van der Waals surface area contributed by atoms with Gasteiger partial charge in [0.25, 0.3) is 0 Å². The van der Waals surface area contributed by atoms with E-state index in [1.165, 1.54) is 19.3 Å². The number of allylic oxidation sites excluding steroid dienone is 1. The first-order valence-electron chi connectivity index (χ1n) is 2.66. The average molecular weight is 239 g/mol. The molecule has 0 saturated heterocycles. The second kappa shape index (κ2) is 3.02. The highest BCUT2D eigenvalue weighted by atomic mass is 79.9. The first kappa shape index (κ1) is 6.81. The van der Waals surface area contributed by atoms with E-state index in [1.54, 1.807) is 5.92 Å². The van der Waals surface area contributed by atoms with Crippen molar-refractivity contribution in [1.29, 1.82) is 0 Å². The Hall–Kier alpha value is 0.700. The molecule has 1 radical (unpaired) electrons. The van der Waals surface area contributed by atoms with Crippen molar-refractivity contribution < 1.29 is 0 Å². The monoisotopic (exact) mass is 237 g/mol. The van der Waals surface area contributed by atoms with Crippen LogP contribution in [0.2, 0.25) is 0 Å². The number of halogens is 2. The Kier molecular flexibility index (Phi) is 2.57. The van der Waals surface area contributed by atoms with Crippen LogP contribution in [0.5, 0.6) is 0 Å². The van der Waals surface area contributed by atoms with Gasteiger partial charge in [-0.3, -0.25) is 0 Å². The van der Waals surface area contributed by atoms with E-state index in [4.69, 9.17) is 0 Å². The van der Waals surface area contributed by atoms with Crippen molar-refractivity contribution >= 4 is 31.9 Å². The molecule has 0 unspecified atom stereocenters. The van der Waals surface area contributed by atoms with Gasteiger partial charge in [0, 0.05) is 0 Å². The molecule has 1 aliphatic carbocycles. The van der Waals surface area contributed by atoms with E-state index >= 15 is 0 Å². The van der Waals surface area contributed by atoms with Gasteiger partial charge in [-0.1, -0.05) is 12.5 Å². The Labute approximate surface area is 66.6 Å². The zero-order chi connectivity index (χ0) is 5.98. The van der Waals surface area contributed by atoms with Crippen LogP contribution in [0.4, 0.5) is 0 Å². The van der Waals surface area contributed by atoms with Crippen molar-refractivity contribution in [2.75, 3.05) is 0 Å². The molecule has 0 nitrogen and oxygen atoms in total. The van der Waals surface area contributed by atoms with Gasteiger partial charge in [0.05, 0.1) is 3.39 Å². The Morgan fingerprint density at radius 3 is 2.12 bits per heavy atom. The van der Waals surface area contributed by atoms with Crippen molar-refractivity contribution in [1.82, 2.24) is 0 Å². The molecule has 0 N–H and O–H groups in total. The minimum atomic E-state index is 1.07. The third-order valence-electron chi connectivity index (χ3n) is 1.31. The van der Waals surface area contributed by atoms with Crippen molar-refractivity contribution in [3.8, 4) is 0 Å². The predicted octanol–water partition coefficient (Wildman–Crippen LogP) is 3.38. The highest BCUT2D eigenvalue weighted by Crippen LogP contribution is 2.32. The van der Waals surface area contributed by atoms with Crippen LogP contribution in [0.1, 0.15) is 19.3 Å². The van der Waals surface area contributed by atoms with Gasteiger partial charge in [0.15, 0.2) is 0 Å². The lowest BCUT2D eigenvalue weighted by Crippen LogP contribution is -2.04. The minimum absolute atomic E-state index is 1.07. The molecule has 0 heterocycles. The molecule has 1 saturated carbocycles. The number of rotatable bonds is 1. The van der Waals surface area contributed by atoms with Crippen LogP contribution in [0, 0.1) is 5.92 Å². The van der Waals surface area contributed by atoms with Crippen LogP contribution < -0.4 is 0 Å². The maximum atomic E-state index is 3.31. The highest BCUT2D eigenvalue weighted by molar-refractivity contribution is 9.28. The molecule has 0 amide bonds. The number of hydrogen-bond donors (Lipinski definition) is 0. The standard InChI is InChI=1S/C6H7Br2/c7-6(8)4-5-2-1-3-5/h4H,1-3H2. The molecule has 0 aromatic rings. The van der Waals surface area contributed by atoms with Gasteiger partial charge in [-0.25, -0.2) is 0 Å². The molecule has 2 heteroatoms. The van der Waals surface area contributed by atoms with Gasteiger partial charge in [0.2, 0.25) is 0 Å². The average Bonchev–Trinajstić information content (AvgIpc) is 1.55. The van der Waals surface area contributed by atoms with Crippen LogP contribution in [-0.2, 0) is 0 Å². The molecule has 1 rings (SSSR count). The molecule has 45 valence electrons. The SMILES string of the molecule is BrC(Br)=C[C]1CCC1. The van der Waals surface area contributed by atoms with E-state index in [9.17, 15) is 0 Å². The molecular formula is C6H7Br2. The molecule has 0 spiro atoms.